The number of rotatable bonds is 7. The molecule has 0 saturated heterocycles. The van der Waals surface area contributed by atoms with Gasteiger partial charge in [0.05, 0.1) is 19.3 Å². The van der Waals surface area contributed by atoms with Gasteiger partial charge in [-0.3, -0.25) is 0 Å². The van der Waals surface area contributed by atoms with Crippen molar-refractivity contribution in [2.75, 3.05) is 13.2 Å². The number of ether oxygens (including phenoxy) is 3. The Labute approximate surface area is 166 Å². The first-order valence-electron chi connectivity index (χ1n) is 8.99. The smallest absolute Gasteiger partial charge is 0.407 e. The molecule has 9 nitrogen and oxygen atoms in total. The average Bonchev–Trinajstić information content (AvgIpc) is 2.73. The molecule has 0 unspecified atom stereocenters. The van der Waals surface area contributed by atoms with Gasteiger partial charge in [0.1, 0.15) is 23.6 Å². The quantitative estimate of drug-likeness (QED) is 0.339. The van der Waals surface area contributed by atoms with Crippen LogP contribution < -0.4 is 9.47 Å². The molecule has 150 valence electrons. The standard InChI is InChI=1S/C20H19N3O6/c1-3-27-13-8-9-14-17(11-13)23(26)18(20(25)28-4-2)16(22-14)12-29-19(24)15-7-5-6-10-21-15/h5-11H,3-4,12H2,1-2H3. The molecule has 0 amide bonds. The summed E-state index contributed by atoms with van der Waals surface area (Å²) in [7, 11) is 0. The minimum atomic E-state index is -0.859. The molecule has 0 radical (unpaired) electrons. The van der Waals surface area contributed by atoms with Crippen molar-refractivity contribution in [3.8, 4) is 5.75 Å². The number of esters is 2. The van der Waals surface area contributed by atoms with Crippen molar-refractivity contribution >= 4 is 23.0 Å². The zero-order valence-corrected chi connectivity index (χ0v) is 16.0. The summed E-state index contributed by atoms with van der Waals surface area (Å²) in [5.41, 5.74) is 0.197. The van der Waals surface area contributed by atoms with Gasteiger partial charge in [-0.25, -0.2) is 19.6 Å². The van der Waals surface area contributed by atoms with Crippen LogP contribution in [0.3, 0.4) is 0 Å². The van der Waals surface area contributed by atoms with E-state index in [1.54, 1.807) is 31.2 Å². The summed E-state index contributed by atoms with van der Waals surface area (Å²) in [5.74, 6) is -1.09. The lowest BCUT2D eigenvalue weighted by molar-refractivity contribution is -0.581. The molecule has 9 heteroatoms. The van der Waals surface area contributed by atoms with Crippen LogP contribution in [-0.2, 0) is 16.1 Å². The first-order chi connectivity index (χ1) is 14.0. The lowest BCUT2D eigenvalue weighted by atomic mass is 10.2. The summed E-state index contributed by atoms with van der Waals surface area (Å²) in [6.45, 7) is 3.54. The third-order valence-electron chi connectivity index (χ3n) is 3.89. The molecule has 0 aliphatic rings. The summed E-state index contributed by atoms with van der Waals surface area (Å²) >= 11 is 0. The summed E-state index contributed by atoms with van der Waals surface area (Å²) in [4.78, 5) is 32.8. The summed E-state index contributed by atoms with van der Waals surface area (Å²) in [6, 6.07) is 9.54. The van der Waals surface area contributed by atoms with Gasteiger partial charge in [-0.05, 0) is 38.1 Å². The molecule has 0 aliphatic heterocycles. The Morgan fingerprint density at radius 3 is 2.59 bits per heavy atom. The number of pyridine rings is 1. The topological polar surface area (TPSA) is 115 Å². The molecular weight excluding hydrogens is 378 g/mol. The molecular formula is C20H19N3O6. The number of fused-ring (bicyclic) bond motifs is 1. The highest BCUT2D eigenvalue weighted by atomic mass is 16.5. The molecule has 2 aromatic heterocycles. The van der Waals surface area contributed by atoms with E-state index in [1.165, 1.54) is 18.3 Å². The molecule has 1 aromatic carbocycles. The van der Waals surface area contributed by atoms with Gasteiger partial charge in [-0.15, -0.1) is 0 Å². The van der Waals surface area contributed by atoms with E-state index in [9.17, 15) is 14.8 Å². The maximum Gasteiger partial charge on any atom is 0.407 e. The average molecular weight is 397 g/mol. The highest BCUT2D eigenvalue weighted by molar-refractivity contribution is 5.89. The highest BCUT2D eigenvalue weighted by Crippen LogP contribution is 2.19. The van der Waals surface area contributed by atoms with Crippen LogP contribution in [0.15, 0.2) is 42.6 Å². The summed E-state index contributed by atoms with van der Waals surface area (Å²) in [5, 5.41) is 12.9. The zero-order chi connectivity index (χ0) is 20.8. The number of nitrogens with zero attached hydrogens (tertiary/aromatic N) is 3. The number of benzene rings is 1. The van der Waals surface area contributed by atoms with Gasteiger partial charge in [0.25, 0.3) is 0 Å². The van der Waals surface area contributed by atoms with Crippen molar-refractivity contribution < 1.29 is 28.5 Å². The van der Waals surface area contributed by atoms with Crippen molar-refractivity contribution in [3.05, 3.63) is 64.9 Å². The van der Waals surface area contributed by atoms with Crippen molar-refractivity contribution in [1.29, 1.82) is 0 Å². The van der Waals surface area contributed by atoms with Crippen LogP contribution in [0.25, 0.3) is 11.0 Å². The molecule has 2 heterocycles. The molecule has 0 spiro atoms. The molecule has 0 atom stereocenters. The van der Waals surface area contributed by atoms with Gasteiger partial charge >= 0.3 is 17.6 Å². The van der Waals surface area contributed by atoms with Crippen molar-refractivity contribution in [2.45, 2.75) is 20.5 Å². The second-order valence-corrected chi connectivity index (χ2v) is 5.80. The van der Waals surface area contributed by atoms with E-state index in [4.69, 9.17) is 14.2 Å². The lowest BCUT2D eigenvalue weighted by Crippen LogP contribution is -2.39. The Morgan fingerprint density at radius 1 is 1.07 bits per heavy atom. The maximum atomic E-state index is 12.9. The molecule has 3 aromatic rings. The van der Waals surface area contributed by atoms with Crippen LogP contribution in [0.5, 0.6) is 5.75 Å². The minimum absolute atomic E-state index is 0.0145. The van der Waals surface area contributed by atoms with Gasteiger partial charge in [0, 0.05) is 6.20 Å². The molecule has 29 heavy (non-hydrogen) atoms. The maximum absolute atomic E-state index is 12.9. The second kappa shape index (κ2) is 8.96. The van der Waals surface area contributed by atoms with Crippen LogP contribution in [-0.4, -0.2) is 35.1 Å². The van der Waals surface area contributed by atoms with Gasteiger partial charge in [0.15, 0.2) is 5.69 Å². The van der Waals surface area contributed by atoms with E-state index in [0.29, 0.717) is 22.6 Å². The third-order valence-corrected chi connectivity index (χ3v) is 3.89. The fourth-order valence-corrected chi connectivity index (χ4v) is 2.65. The number of hydrogen-bond acceptors (Lipinski definition) is 8. The zero-order valence-electron chi connectivity index (χ0n) is 16.0. The highest BCUT2D eigenvalue weighted by Gasteiger charge is 2.29. The van der Waals surface area contributed by atoms with E-state index >= 15 is 0 Å². The number of aromatic nitrogens is 3. The van der Waals surface area contributed by atoms with E-state index in [2.05, 4.69) is 9.97 Å². The van der Waals surface area contributed by atoms with Crippen molar-refractivity contribution in [1.82, 2.24) is 9.97 Å². The van der Waals surface area contributed by atoms with Crippen molar-refractivity contribution in [2.24, 2.45) is 0 Å². The normalized spacial score (nSPS) is 10.6. The first kappa shape index (κ1) is 20.0. The Hall–Kier alpha value is -3.75. The lowest BCUT2D eigenvalue weighted by Gasteiger charge is -2.12. The number of hydrogen-bond donors (Lipinski definition) is 0. The number of carbonyl (C=O) groups is 2. The van der Waals surface area contributed by atoms with E-state index in [0.717, 1.165) is 0 Å². The molecule has 0 bridgehead atoms. The van der Waals surface area contributed by atoms with Gasteiger partial charge in [0.2, 0.25) is 5.52 Å². The van der Waals surface area contributed by atoms with Crippen LogP contribution in [0.2, 0.25) is 0 Å². The third kappa shape index (κ3) is 4.40. The molecule has 0 fully saturated rings. The minimum Gasteiger partial charge on any atom is -0.618 e. The van der Waals surface area contributed by atoms with Crippen LogP contribution in [0.1, 0.15) is 40.5 Å². The fourth-order valence-electron chi connectivity index (χ4n) is 2.65. The Morgan fingerprint density at radius 2 is 1.90 bits per heavy atom. The van der Waals surface area contributed by atoms with Crippen molar-refractivity contribution in [3.63, 3.8) is 0 Å². The predicted molar refractivity (Wildman–Crippen MR) is 101 cm³/mol. The monoisotopic (exact) mass is 397 g/mol. The van der Waals surface area contributed by atoms with Gasteiger partial charge < -0.3 is 19.4 Å². The van der Waals surface area contributed by atoms with Crippen LogP contribution in [0, 0.1) is 5.21 Å². The largest absolute Gasteiger partial charge is 0.618 e. The molecule has 0 N–H and O–H groups in total. The van der Waals surface area contributed by atoms with Gasteiger partial charge in [-0.1, -0.05) is 6.07 Å². The van der Waals surface area contributed by atoms with Crippen LogP contribution in [0.4, 0.5) is 0 Å². The van der Waals surface area contributed by atoms with E-state index in [-0.39, 0.29) is 29.2 Å². The van der Waals surface area contributed by atoms with E-state index < -0.39 is 18.5 Å². The summed E-state index contributed by atoms with van der Waals surface area (Å²) < 4.78 is 16.0. The number of carbonyl (C=O) groups excluding carboxylic acids is 2. The van der Waals surface area contributed by atoms with E-state index in [1.807, 2.05) is 6.92 Å². The van der Waals surface area contributed by atoms with Gasteiger partial charge in [-0.2, -0.15) is 4.73 Å². The van der Waals surface area contributed by atoms with Crippen LogP contribution >= 0.6 is 0 Å². The SMILES string of the molecule is CCOC(=O)c1c(COC(=O)c2ccccn2)nc2ccc(OCC)cc2[n+]1[O-]. The Kier molecular flexibility index (Phi) is 6.18. The fraction of sp³-hybridized carbons (Fsp3) is 0.250. The predicted octanol–water partition coefficient (Wildman–Crippen LogP) is 2.20. The second-order valence-electron chi connectivity index (χ2n) is 5.80. The Balaban J connectivity index is 1.99. The molecule has 3 rings (SSSR count). The Bertz CT molecular complexity index is 1040. The summed E-state index contributed by atoms with van der Waals surface area (Å²) in [6.07, 6.45) is 1.45. The molecule has 0 aliphatic carbocycles. The first-order valence-corrected chi connectivity index (χ1v) is 8.99. The molecule has 0 saturated carbocycles.